The number of ether oxygens (including phenoxy) is 1. The van der Waals surface area contributed by atoms with Crippen molar-refractivity contribution in [2.45, 2.75) is 67.1 Å². The minimum atomic E-state index is -0.822. The molecule has 18 heavy (non-hydrogen) atoms. The van der Waals surface area contributed by atoms with Gasteiger partial charge in [0.15, 0.2) is 0 Å². The van der Waals surface area contributed by atoms with Crippen LogP contribution in [0.1, 0.15) is 46.0 Å². The Balaban J connectivity index is 2.00. The molecule has 2 aliphatic rings. The van der Waals surface area contributed by atoms with E-state index in [0.29, 0.717) is 6.42 Å². The quantitative estimate of drug-likeness (QED) is 0.344. The Morgan fingerprint density at radius 1 is 1.61 bits per heavy atom. The molecule has 0 radical (unpaired) electrons. The van der Waals surface area contributed by atoms with Crippen LogP contribution in [-0.4, -0.2) is 38.8 Å². The van der Waals surface area contributed by atoms with Gasteiger partial charge in [-0.1, -0.05) is 35.9 Å². The first kappa shape index (κ1) is 14.5. The van der Waals surface area contributed by atoms with Crippen LogP contribution >= 0.6 is 22.6 Å². The standard InChI is InChI=1S/C13H22INO3/c1-3-13(17)7-5-4-6-10(13)18-11(16)12(2,14)9-8-15-9/h9-10,15,17H,3-8H2,1-2H3. The first-order valence-electron chi connectivity index (χ1n) is 6.76. The van der Waals surface area contributed by atoms with Gasteiger partial charge in [-0.3, -0.25) is 4.79 Å². The summed E-state index contributed by atoms with van der Waals surface area (Å²) in [4.78, 5) is 12.2. The number of hydrogen-bond donors (Lipinski definition) is 2. The van der Waals surface area contributed by atoms with E-state index in [1.54, 1.807) is 0 Å². The Kier molecular flexibility index (Phi) is 4.23. The second-order valence-electron chi connectivity index (χ2n) is 5.63. The van der Waals surface area contributed by atoms with Gasteiger partial charge in [0, 0.05) is 12.6 Å². The Bertz CT molecular complexity index is 330. The lowest BCUT2D eigenvalue weighted by Gasteiger charge is -2.39. The lowest BCUT2D eigenvalue weighted by Crippen LogP contribution is -2.50. The van der Waals surface area contributed by atoms with E-state index in [9.17, 15) is 9.90 Å². The van der Waals surface area contributed by atoms with Crippen LogP contribution in [0.15, 0.2) is 0 Å². The van der Waals surface area contributed by atoms with Crippen molar-refractivity contribution in [1.29, 1.82) is 0 Å². The fourth-order valence-electron chi connectivity index (χ4n) is 2.59. The number of alkyl halides is 1. The van der Waals surface area contributed by atoms with Gasteiger partial charge in [0.1, 0.15) is 15.1 Å². The minimum absolute atomic E-state index is 0.197. The largest absolute Gasteiger partial charge is 0.458 e. The van der Waals surface area contributed by atoms with Gasteiger partial charge in [0.2, 0.25) is 0 Å². The van der Waals surface area contributed by atoms with E-state index in [4.69, 9.17) is 4.74 Å². The SMILES string of the molecule is CCC1(O)CCCCC1OC(=O)C(C)(I)C1CN1. The summed E-state index contributed by atoms with van der Waals surface area (Å²) in [6.45, 7) is 4.73. The molecule has 1 heterocycles. The zero-order valence-electron chi connectivity index (χ0n) is 11.0. The lowest BCUT2D eigenvalue weighted by molar-refractivity contribution is -0.173. The predicted octanol–water partition coefficient (Wildman–Crippen LogP) is 1.78. The number of carbonyl (C=O) groups is 1. The molecule has 0 amide bonds. The molecule has 1 saturated heterocycles. The van der Waals surface area contributed by atoms with Gasteiger partial charge < -0.3 is 15.2 Å². The van der Waals surface area contributed by atoms with Crippen molar-refractivity contribution in [3.63, 3.8) is 0 Å². The van der Waals surface area contributed by atoms with E-state index < -0.39 is 9.02 Å². The molecule has 1 saturated carbocycles. The fraction of sp³-hybridized carbons (Fsp3) is 0.923. The van der Waals surface area contributed by atoms with Crippen molar-refractivity contribution in [2.24, 2.45) is 0 Å². The highest BCUT2D eigenvalue weighted by Gasteiger charge is 2.49. The Hall–Kier alpha value is 0.120. The summed E-state index contributed by atoms with van der Waals surface area (Å²) < 4.78 is 5.10. The third kappa shape index (κ3) is 2.82. The molecule has 0 spiro atoms. The molecule has 1 aliphatic heterocycles. The van der Waals surface area contributed by atoms with Gasteiger partial charge in [-0.05, 0) is 32.6 Å². The average molecular weight is 367 g/mol. The maximum atomic E-state index is 12.2. The second kappa shape index (κ2) is 5.25. The van der Waals surface area contributed by atoms with Crippen molar-refractivity contribution >= 4 is 28.6 Å². The van der Waals surface area contributed by atoms with Crippen molar-refractivity contribution in [3.05, 3.63) is 0 Å². The fourth-order valence-corrected chi connectivity index (χ4v) is 3.16. The van der Waals surface area contributed by atoms with Gasteiger partial charge >= 0.3 is 5.97 Å². The smallest absolute Gasteiger partial charge is 0.323 e. The molecule has 2 N–H and O–H groups in total. The summed E-state index contributed by atoms with van der Waals surface area (Å²) in [5.74, 6) is -0.197. The first-order chi connectivity index (χ1) is 8.40. The van der Waals surface area contributed by atoms with E-state index in [0.717, 1.165) is 32.2 Å². The van der Waals surface area contributed by atoms with Crippen LogP contribution in [0, 0.1) is 0 Å². The molecule has 5 heteroatoms. The number of rotatable bonds is 4. The van der Waals surface area contributed by atoms with Crippen LogP contribution in [0.5, 0.6) is 0 Å². The maximum absolute atomic E-state index is 12.2. The van der Waals surface area contributed by atoms with E-state index in [-0.39, 0.29) is 18.1 Å². The molecule has 4 nitrogen and oxygen atoms in total. The molecule has 4 unspecified atom stereocenters. The predicted molar refractivity (Wildman–Crippen MR) is 77.8 cm³/mol. The van der Waals surface area contributed by atoms with Gasteiger partial charge in [0.05, 0.1) is 0 Å². The monoisotopic (exact) mass is 367 g/mol. The third-order valence-electron chi connectivity index (χ3n) is 4.25. The second-order valence-corrected chi connectivity index (χ2v) is 7.87. The van der Waals surface area contributed by atoms with Crippen LogP contribution in [-0.2, 0) is 9.53 Å². The topological polar surface area (TPSA) is 68.5 Å². The Morgan fingerprint density at radius 3 is 2.83 bits per heavy atom. The molecule has 4 atom stereocenters. The molecule has 1 aliphatic carbocycles. The zero-order chi connectivity index (χ0) is 13.4. The van der Waals surface area contributed by atoms with E-state index in [2.05, 4.69) is 27.9 Å². The van der Waals surface area contributed by atoms with Crippen LogP contribution in [0.25, 0.3) is 0 Å². The normalized spacial score (nSPS) is 38.9. The zero-order valence-corrected chi connectivity index (χ0v) is 13.2. The van der Waals surface area contributed by atoms with Crippen molar-refractivity contribution in [1.82, 2.24) is 5.32 Å². The summed E-state index contributed by atoms with van der Waals surface area (Å²) in [6.07, 6.45) is 3.87. The van der Waals surface area contributed by atoms with E-state index in [1.807, 2.05) is 13.8 Å². The maximum Gasteiger partial charge on any atom is 0.323 e. The number of carbonyl (C=O) groups excluding carboxylic acids is 1. The highest BCUT2D eigenvalue weighted by molar-refractivity contribution is 14.1. The summed E-state index contributed by atoms with van der Waals surface area (Å²) in [7, 11) is 0. The highest BCUT2D eigenvalue weighted by Crippen LogP contribution is 2.36. The first-order valence-corrected chi connectivity index (χ1v) is 7.84. The lowest BCUT2D eigenvalue weighted by atomic mass is 9.80. The Morgan fingerprint density at radius 2 is 2.28 bits per heavy atom. The molecule has 0 aromatic heterocycles. The molecular weight excluding hydrogens is 345 g/mol. The molecule has 104 valence electrons. The molecule has 0 bridgehead atoms. The number of esters is 1. The van der Waals surface area contributed by atoms with Gasteiger partial charge in [-0.2, -0.15) is 0 Å². The van der Waals surface area contributed by atoms with Crippen LogP contribution < -0.4 is 5.32 Å². The number of halogens is 1. The van der Waals surface area contributed by atoms with Gasteiger partial charge in [-0.15, -0.1) is 0 Å². The third-order valence-corrected chi connectivity index (χ3v) is 5.44. The van der Waals surface area contributed by atoms with Gasteiger partial charge in [0.25, 0.3) is 0 Å². The molecular formula is C13H22INO3. The summed E-state index contributed by atoms with van der Waals surface area (Å²) in [5, 5.41) is 13.7. The van der Waals surface area contributed by atoms with Crippen LogP contribution in [0.4, 0.5) is 0 Å². The minimum Gasteiger partial charge on any atom is -0.458 e. The highest BCUT2D eigenvalue weighted by atomic mass is 127. The molecule has 0 aromatic rings. The number of aliphatic hydroxyl groups is 1. The molecule has 2 rings (SSSR count). The van der Waals surface area contributed by atoms with E-state index >= 15 is 0 Å². The van der Waals surface area contributed by atoms with Crippen molar-refractivity contribution in [3.8, 4) is 0 Å². The van der Waals surface area contributed by atoms with Crippen molar-refractivity contribution in [2.75, 3.05) is 6.54 Å². The van der Waals surface area contributed by atoms with Crippen molar-refractivity contribution < 1.29 is 14.6 Å². The molecule has 2 fully saturated rings. The van der Waals surface area contributed by atoms with E-state index in [1.165, 1.54) is 0 Å². The summed E-state index contributed by atoms with van der Waals surface area (Å²) in [5.41, 5.74) is -0.822. The number of hydrogen-bond acceptors (Lipinski definition) is 4. The Labute approximate surface area is 122 Å². The van der Waals surface area contributed by atoms with Gasteiger partial charge in [-0.25, -0.2) is 0 Å². The average Bonchev–Trinajstić information content (AvgIpc) is 3.16. The number of nitrogens with one attached hydrogen (secondary N) is 1. The summed E-state index contributed by atoms with van der Waals surface area (Å²) in [6, 6.07) is 0.212. The van der Waals surface area contributed by atoms with Crippen LogP contribution in [0.2, 0.25) is 0 Å². The summed E-state index contributed by atoms with van der Waals surface area (Å²) >= 11 is 2.16. The molecule has 0 aromatic carbocycles. The van der Waals surface area contributed by atoms with Crippen LogP contribution in [0.3, 0.4) is 0 Å².